The molecule has 2 rings (SSSR count). The second kappa shape index (κ2) is 10.8. The van der Waals surface area contributed by atoms with Gasteiger partial charge in [-0.05, 0) is 41.4 Å². The Balaban J connectivity index is 0.00000312. The van der Waals surface area contributed by atoms with Gasteiger partial charge in [0.15, 0.2) is 5.96 Å². The zero-order valence-electron chi connectivity index (χ0n) is 15.0. The molecule has 140 valence electrons. The number of para-hydroxylation sites is 1. The average Bonchev–Trinajstić information content (AvgIpc) is 3.01. The quantitative estimate of drug-likeness (QED) is 0.353. The van der Waals surface area contributed by atoms with Crippen molar-refractivity contribution in [3.63, 3.8) is 0 Å². The second-order valence-electron chi connectivity index (χ2n) is 6.01. The summed E-state index contributed by atoms with van der Waals surface area (Å²) in [4.78, 5) is 20.0. The molecular formula is C17H27BrIN5O. The minimum atomic E-state index is -0.00605. The SMILES string of the molecule is CCNC(=NCC(=O)N(C)C)NC1CCN(c2ccccc2Br)C1.I. The van der Waals surface area contributed by atoms with Crippen molar-refractivity contribution in [1.82, 2.24) is 15.5 Å². The summed E-state index contributed by atoms with van der Waals surface area (Å²) in [6.07, 6.45) is 1.04. The monoisotopic (exact) mass is 523 g/mol. The van der Waals surface area contributed by atoms with Gasteiger partial charge < -0.3 is 20.4 Å². The summed E-state index contributed by atoms with van der Waals surface area (Å²) in [6, 6.07) is 8.58. The minimum Gasteiger partial charge on any atom is -0.368 e. The van der Waals surface area contributed by atoms with E-state index in [1.165, 1.54) is 5.69 Å². The van der Waals surface area contributed by atoms with E-state index in [1.807, 2.05) is 13.0 Å². The zero-order valence-corrected chi connectivity index (χ0v) is 18.9. The Hall–Kier alpha value is -1.03. The molecular weight excluding hydrogens is 497 g/mol. The van der Waals surface area contributed by atoms with Crippen molar-refractivity contribution in [3.05, 3.63) is 28.7 Å². The van der Waals surface area contributed by atoms with Crippen LogP contribution in [0.2, 0.25) is 0 Å². The molecule has 1 aliphatic rings. The Morgan fingerprint density at radius 2 is 2.12 bits per heavy atom. The molecule has 1 atom stereocenters. The normalized spacial score (nSPS) is 17.0. The van der Waals surface area contributed by atoms with Gasteiger partial charge in [-0.25, -0.2) is 4.99 Å². The van der Waals surface area contributed by atoms with Crippen LogP contribution in [0, 0.1) is 0 Å². The van der Waals surface area contributed by atoms with E-state index in [1.54, 1.807) is 19.0 Å². The molecule has 1 aliphatic heterocycles. The summed E-state index contributed by atoms with van der Waals surface area (Å²) in [6.45, 7) is 4.85. The van der Waals surface area contributed by atoms with Crippen LogP contribution in [0.5, 0.6) is 0 Å². The lowest BCUT2D eigenvalue weighted by Gasteiger charge is -2.21. The van der Waals surface area contributed by atoms with Crippen LogP contribution in [-0.4, -0.2) is 63.1 Å². The van der Waals surface area contributed by atoms with E-state index in [4.69, 9.17) is 0 Å². The molecule has 0 bridgehead atoms. The van der Waals surface area contributed by atoms with Crippen LogP contribution >= 0.6 is 39.9 Å². The first-order chi connectivity index (χ1) is 11.5. The smallest absolute Gasteiger partial charge is 0.243 e. The average molecular weight is 524 g/mol. The number of aliphatic imine (C=N–C) groups is 1. The molecule has 1 unspecified atom stereocenters. The van der Waals surface area contributed by atoms with Crippen molar-refractivity contribution in [2.24, 2.45) is 4.99 Å². The summed E-state index contributed by atoms with van der Waals surface area (Å²) in [5, 5.41) is 6.65. The highest BCUT2D eigenvalue weighted by molar-refractivity contribution is 14.0. The van der Waals surface area contributed by atoms with Gasteiger partial charge in [0, 0.05) is 44.2 Å². The molecule has 0 saturated carbocycles. The third-order valence-electron chi connectivity index (χ3n) is 3.94. The largest absolute Gasteiger partial charge is 0.368 e. The molecule has 1 heterocycles. The summed E-state index contributed by atoms with van der Waals surface area (Å²) >= 11 is 3.62. The fourth-order valence-electron chi connectivity index (χ4n) is 2.61. The van der Waals surface area contributed by atoms with Gasteiger partial charge in [0.25, 0.3) is 0 Å². The topological polar surface area (TPSA) is 60.0 Å². The lowest BCUT2D eigenvalue weighted by molar-refractivity contribution is -0.127. The maximum absolute atomic E-state index is 11.7. The molecule has 8 heteroatoms. The summed E-state index contributed by atoms with van der Waals surface area (Å²) < 4.78 is 1.11. The van der Waals surface area contributed by atoms with E-state index in [-0.39, 0.29) is 36.4 Å². The summed E-state index contributed by atoms with van der Waals surface area (Å²) in [5.41, 5.74) is 1.21. The van der Waals surface area contributed by atoms with Crippen LogP contribution in [0.15, 0.2) is 33.7 Å². The number of carbonyl (C=O) groups excluding carboxylic acids is 1. The first kappa shape index (κ1) is 22.0. The van der Waals surface area contributed by atoms with Gasteiger partial charge in [-0.15, -0.1) is 24.0 Å². The number of benzene rings is 1. The van der Waals surface area contributed by atoms with Crippen LogP contribution in [0.25, 0.3) is 0 Å². The van der Waals surface area contributed by atoms with E-state index in [2.05, 4.69) is 54.7 Å². The van der Waals surface area contributed by atoms with Crippen molar-refractivity contribution in [1.29, 1.82) is 0 Å². The Kier molecular flexibility index (Phi) is 9.55. The molecule has 25 heavy (non-hydrogen) atoms. The zero-order chi connectivity index (χ0) is 17.5. The number of amides is 1. The van der Waals surface area contributed by atoms with Gasteiger partial charge in [-0.3, -0.25) is 4.79 Å². The number of rotatable bonds is 5. The van der Waals surface area contributed by atoms with Crippen molar-refractivity contribution < 1.29 is 4.79 Å². The van der Waals surface area contributed by atoms with Crippen molar-refractivity contribution in [3.8, 4) is 0 Å². The molecule has 0 spiro atoms. The molecule has 6 nitrogen and oxygen atoms in total. The summed E-state index contributed by atoms with van der Waals surface area (Å²) in [5.74, 6) is 0.695. The van der Waals surface area contributed by atoms with E-state index >= 15 is 0 Å². The highest BCUT2D eigenvalue weighted by Crippen LogP contribution is 2.28. The van der Waals surface area contributed by atoms with Crippen molar-refractivity contribution in [2.75, 3.05) is 45.2 Å². The van der Waals surface area contributed by atoms with Gasteiger partial charge in [-0.2, -0.15) is 0 Å². The highest BCUT2D eigenvalue weighted by Gasteiger charge is 2.24. The van der Waals surface area contributed by atoms with Crippen LogP contribution in [0.1, 0.15) is 13.3 Å². The number of anilines is 1. The number of guanidine groups is 1. The molecule has 2 N–H and O–H groups in total. The van der Waals surface area contributed by atoms with E-state index in [9.17, 15) is 4.79 Å². The minimum absolute atomic E-state index is 0. The van der Waals surface area contributed by atoms with Crippen LogP contribution in [-0.2, 0) is 4.79 Å². The maximum atomic E-state index is 11.7. The van der Waals surface area contributed by atoms with Crippen molar-refractivity contribution >= 4 is 57.5 Å². The third-order valence-corrected chi connectivity index (χ3v) is 4.61. The number of nitrogens with one attached hydrogen (secondary N) is 2. The molecule has 1 saturated heterocycles. The lowest BCUT2D eigenvalue weighted by atomic mass is 10.3. The van der Waals surface area contributed by atoms with Gasteiger partial charge in [0.2, 0.25) is 5.91 Å². The molecule has 0 aromatic heterocycles. The van der Waals surface area contributed by atoms with Gasteiger partial charge in [-0.1, -0.05) is 12.1 Å². The van der Waals surface area contributed by atoms with Crippen LogP contribution in [0.3, 0.4) is 0 Å². The van der Waals surface area contributed by atoms with Crippen LogP contribution in [0.4, 0.5) is 5.69 Å². The Morgan fingerprint density at radius 3 is 2.76 bits per heavy atom. The Morgan fingerprint density at radius 1 is 1.40 bits per heavy atom. The molecule has 1 fully saturated rings. The molecule has 1 aromatic carbocycles. The maximum Gasteiger partial charge on any atom is 0.243 e. The first-order valence-corrected chi connectivity index (χ1v) is 9.05. The molecule has 0 radical (unpaired) electrons. The van der Waals surface area contributed by atoms with Gasteiger partial charge >= 0.3 is 0 Å². The molecule has 1 amide bonds. The first-order valence-electron chi connectivity index (χ1n) is 8.25. The predicted octanol–water partition coefficient (Wildman–Crippen LogP) is 2.29. The lowest BCUT2D eigenvalue weighted by Crippen LogP contribution is -2.45. The third kappa shape index (κ3) is 6.65. The highest BCUT2D eigenvalue weighted by atomic mass is 127. The number of hydrogen-bond donors (Lipinski definition) is 2. The molecule has 1 aromatic rings. The number of halogens is 2. The number of nitrogens with zero attached hydrogens (tertiary/aromatic N) is 3. The van der Waals surface area contributed by atoms with Gasteiger partial charge in [0.05, 0.1) is 5.69 Å². The van der Waals surface area contributed by atoms with E-state index in [0.717, 1.165) is 30.5 Å². The Bertz CT molecular complexity index is 596. The number of likely N-dealkylation sites (N-methyl/N-ethyl adjacent to an activating group) is 1. The molecule has 0 aliphatic carbocycles. The Labute approximate surface area is 175 Å². The van der Waals surface area contributed by atoms with E-state index < -0.39 is 0 Å². The van der Waals surface area contributed by atoms with Crippen molar-refractivity contribution in [2.45, 2.75) is 19.4 Å². The fraction of sp³-hybridized carbons (Fsp3) is 0.529. The summed E-state index contributed by atoms with van der Waals surface area (Å²) in [7, 11) is 3.48. The number of carbonyl (C=O) groups is 1. The fourth-order valence-corrected chi connectivity index (χ4v) is 3.14. The predicted molar refractivity (Wildman–Crippen MR) is 118 cm³/mol. The standard InChI is InChI=1S/C17H26BrN5O.HI/c1-4-19-17(20-11-16(24)22(2)3)21-13-9-10-23(12-13)15-8-6-5-7-14(15)18;/h5-8,13H,4,9-12H2,1-3H3,(H2,19,20,21);1H. The van der Waals surface area contributed by atoms with E-state index in [0.29, 0.717) is 12.0 Å². The second-order valence-corrected chi connectivity index (χ2v) is 6.87. The number of hydrogen-bond acceptors (Lipinski definition) is 3. The van der Waals surface area contributed by atoms with Crippen LogP contribution < -0.4 is 15.5 Å². The van der Waals surface area contributed by atoms with Gasteiger partial charge in [0.1, 0.15) is 6.54 Å².